The molecule has 31 heavy (non-hydrogen) atoms. The van der Waals surface area contributed by atoms with Crippen molar-refractivity contribution in [2.45, 2.75) is 51.4 Å². The highest BCUT2D eigenvalue weighted by molar-refractivity contribution is 5.76. The molecular formula is C26H30N4O. The van der Waals surface area contributed by atoms with Crippen LogP contribution in [0.3, 0.4) is 0 Å². The van der Waals surface area contributed by atoms with E-state index in [1.807, 2.05) is 55.8 Å². The number of nitrogens with zero attached hydrogens (tertiary/aromatic N) is 3. The average Bonchev–Trinajstić information content (AvgIpc) is 2.83. The van der Waals surface area contributed by atoms with Crippen molar-refractivity contribution in [2.24, 2.45) is 5.92 Å². The molecule has 1 aliphatic rings. The second-order valence-corrected chi connectivity index (χ2v) is 8.46. The lowest BCUT2D eigenvalue weighted by Gasteiger charge is -2.29. The normalized spacial score (nSPS) is 18.5. The highest BCUT2D eigenvalue weighted by Gasteiger charge is 2.26. The number of aryl methyl sites for hydroxylation is 2. The SMILES string of the molecule is Cc1ncc(-c2ccncc2)c(C2CCC(CNC(=O)CCc3ccccc3)CC2)n1. The second kappa shape index (κ2) is 10.3. The third-order valence-corrected chi connectivity index (χ3v) is 6.23. The van der Waals surface area contributed by atoms with Gasteiger partial charge in [-0.1, -0.05) is 30.3 Å². The summed E-state index contributed by atoms with van der Waals surface area (Å²) < 4.78 is 0. The summed E-state index contributed by atoms with van der Waals surface area (Å²) in [6.07, 6.45) is 11.3. The van der Waals surface area contributed by atoms with Crippen molar-refractivity contribution in [3.8, 4) is 11.1 Å². The van der Waals surface area contributed by atoms with Gasteiger partial charge in [-0.25, -0.2) is 9.97 Å². The van der Waals surface area contributed by atoms with E-state index in [2.05, 4.69) is 27.4 Å². The zero-order valence-electron chi connectivity index (χ0n) is 18.1. The van der Waals surface area contributed by atoms with Gasteiger partial charge in [-0.15, -0.1) is 0 Å². The number of hydrogen-bond donors (Lipinski definition) is 1. The highest BCUT2D eigenvalue weighted by Crippen LogP contribution is 2.38. The summed E-state index contributed by atoms with van der Waals surface area (Å²) in [6.45, 7) is 2.73. The molecule has 0 aliphatic heterocycles. The standard InChI is InChI=1S/C26H30N4O/c1-19-28-18-24(22-13-15-27-16-14-22)26(30-19)23-10-7-21(8-11-23)17-29-25(31)12-9-20-5-3-2-4-6-20/h2-6,13-16,18,21,23H,7-12,17H2,1H3,(H,29,31). The summed E-state index contributed by atoms with van der Waals surface area (Å²) in [5.74, 6) is 1.96. The number of hydrogen-bond acceptors (Lipinski definition) is 4. The van der Waals surface area contributed by atoms with Crippen LogP contribution in [0.25, 0.3) is 11.1 Å². The maximum absolute atomic E-state index is 12.3. The van der Waals surface area contributed by atoms with Gasteiger partial charge in [0.1, 0.15) is 5.82 Å². The van der Waals surface area contributed by atoms with E-state index in [1.165, 1.54) is 5.56 Å². The van der Waals surface area contributed by atoms with E-state index in [-0.39, 0.29) is 5.91 Å². The number of nitrogens with one attached hydrogen (secondary N) is 1. The molecule has 4 rings (SSSR count). The van der Waals surface area contributed by atoms with E-state index < -0.39 is 0 Å². The number of benzene rings is 1. The summed E-state index contributed by atoms with van der Waals surface area (Å²) in [6, 6.07) is 14.2. The van der Waals surface area contributed by atoms with Gasteiger partial charge in [0.25, 0.3) is 0 Å². The first-order valence-corrected chi connectivity index (χ1v) is 11.2. The largest absolute Gasteiger partial charge is 0.356 e. The molecule has 0 bridgehead atoms. The fourth-order valence-electron chi connectivity index (χ4n) is 4.44. The van der Waals surface area contributed by atoms with E-state index in [4.69, 9.17) is 4.98 Å². The fourth-order valence-corrected chi connectivity index (χ4v) is 4.44. The first kappa shape index (κ1) is 21.2. The Balaban J connectivity index is 1.29. The first-order valence-electron chi connectivity index (χ1n) is 11.2. The van der Waals surface area contributed by atoms with Gasteiger partial charge >= 0.3 is 0 Å². The Morgan fingerprint density at radius 3 is 2.52 bits per heavy atom. The number of aromatic nitrogens is 3. The topological polar surface area (TPSA) is 67.8 Å². The summed E-state index contributed by atoms with van der Waals surface area (Å²) >= 11 is 0. The van der Waals surface area contributed by atoms with Gasteiger partial charge in [-0.05, 0) is 68.2 Å². The smallest absolute Gasteiger partial charge is 0.220 e. The fraction of sp³-hybridized carbons (Fsp3) is 0.385. The van der Waals surface area contributed by atoms with Crippen LogP contribution < -0.4 is 5.32 Å². The van der Waals surface area contributed by atoms with Crippen LogP contribution in [0.2, 0.25) is 0 Å². The molecule has 0 atom stereocenters. The molecule has 5 nitrogen and oxygen atoms in total. The van der Waals surface area contributed by atoms with Crippen LogP contribution in [0, 0.1) is 12.8 Å². The van der Waals surface area contributed by atoms with Crippen molar-refractivity contribution >= 4 is 5.91 Å². The predicted octanol–water partition coefficient (Wildman–Crippen LogP) is 4.87. The third-order valence-electron chi connectivity index (χ3n) is 6.23. The minimum atomic E-state index is 0.150. The first-order chi connectivity index (χ1) is 15.2. The summed E-state index contributed by atoms with van der Waals surface area (Å²) in [5.41, 5.74) is 4.61. The van der Waals surface area contributed by atoms with Crippen LogP contribution in [0.1, 0.15) is 55.1 Å². The number of amides is 1. The molecule has 1 amide bonds. The van der Waals surface area contributed by atoms with Gasteiger partial charge in [0.15, 0.2) is 0 Å². The average molecular weight is 415 g/mol. The Morgan fingerprint density at radius 1 is 1.03 bits per heavy atom. The van der Waals surface area contributed by atoms with E-state index in [0.29, 0.717) is 18.3 Å². The van der Waals surface area contributed by atoms with Crippen molar-refractivity contribution in [3.63, 3.8) is 0 Å². The van der Waals surface area contributed by atoms with Crippen molar-refractivity contribution in [1.29, 1.82) is 0 Å². The van der Waals surface area contributed by atoms with Crippen LogP contribution in [0.5, 0.6) is 0 Å². The molecule has 0 spiro atoms. The second-order valence-electron chi connectivity index (χ2n) is 8.46. The molecule has 3 aromatic rings. The van der Waals surface area contributed by atoms with Gasteiger partial charge in [0.2, 0.25) is 5.91 Å². The predicted molar refractivity (Wildman–Crippen MR) is 122 cm³/mol. The summed E-state index contributed by atoms with van der Waals surface area (Å²) in [5, 5.41) is 3.15. The molecule has 1 N–H and O–H groups in total. The molecule has 1 fully saturated rings. The Morgan fingerprint density at radius 2 is 1.77 bits per heavy atom. The lowest BCUT2D eigenvalue weighted by molar-refractivity contribution is -0.121. The molecule has 1 aromatic carbocycles. The van der Waals surface area contributed by atoms with Crippen LogP contribution in [-0.4, -0.2) is 27.4 Å². The van der Waals surface area contributed by atoms with Crippen molar-refractivity contribution in [1.82, 2.24) is 20.3 Å². The molecule has 2 heterocycles. The van der Waals surface area contributed by atoms with Gasteiger partial charge in [-0.2, -0.15) is 0 Å². The number of carbonyl (C=O) groups is 1. The zero-order valence-corrected chi connectivity index (χ0v) is 18.1. The van der Waals surface area contributed by atoms with Gasteiger partial charge in [-0.3, -0.25) is 9.78 Å². The van der Waals surface area contributed by atoms with E-state index in [0.717, 1.165) is 61.3 Å². The number of carbonyl (C=O) groups excluding carboxylic acids is 1. The molecule has 0 radical (unpaired) electrons. The number of pyridine rings is 1. The molecule has 1 aliphatic carbocycles. The minimum absolute atomic E-state index is 0.150. The Labute approximate surface area is 184 Å². The van der Waals surface area contributed by atoms with E-state index in [9.17, 15) is 4.79 Å². The quantitative estimate of drug-likeness (QED) is 0.599. The van der Waals surface area contributed by atoms with Crippen molar-refractivity contribution in [3.05, 3.63) is 78.1 Å². The van der Waals surface area contributed by atoms with Crippen LogP contribution in [0.15, 0.2) is 61.1 Å². The molecule has 1 saturated carbocycles. The van der Waals surface area contributed by atoms with Gasteiger partial charge in [0.05, 0.1) is 5.69 Å². The molecular weight excluding hydrogens is 384 g/mol. The van der Waals surface area contributed by atoms with Gasteiger partial charge in [0, 0.05) is 43.0 Å². The van der Waals surface area contributed by atoms with Crippen molar-refractivity contribution in [2.75, 3.05) is 6.54 Å². The van der Waals surface area contributed by atoms with E-state index in [1.54, 1.807) is 0 Å². The third kappa shape index (κ3) is 5.75. The number of rotatable bonds is 7. The maximum Gasteiger partial charge on any atom is 0.220 e. The molecule has 0 unspecified atom stereocenters. The Kier molecular flexibility index (Phi) is 7.03. The minimum Gasteiger partial charge on any atom is -0.356 e. The summed E-state index contributed by atoms with van der Waals surface area (Å²) in [7, 11) is 0. The summed E-state index contributed by atoms with van der Waals surface area (Å²) in [4.78, 5) is 25.6. The zero-order chi connectivity index (χ0) is 21.5. The molecule has 0 saturated heterocycles. The van der Waals surface area contributed by atoms with Crippen molar-refractivity contribution < 1.29 is 4.79 Å². The Hall–Kier alpha value is -3.08. The molecule has 2 aromatic heterocycles. The molecule has 5 heteroatoms. The monoisotopic (exact) mass is 414 g/mol. The highest BCUT2D eigenvalue weighted by atomic mass is 16.1. The van der Waals surface area contributed by atoms with E-state index >= 15 is 0 Å². The van der Waals surface area contributed by atoms with Crippen LogP contribution in [0.4, 0.5) is 0 Å². The van der Waals surface area contributed by atoms with Gasteiger partial charge < -0.3 is 5.32 Å². The maximum atomic E-state index is 12.3. The lowest BCUT2D eigenvalue weighted by Crippen LogP contribution is -2.31. The lowest BCUT2D eigenvalue weighted by atomic mass is 9.79. The molecule has 160 valence electrons. The van der Waals surface area contributed by atoms with Crippen LogP contribution >= 0.6 is 0 Å². The Bertz CT molecular complexity index is 983. The van der Waals surface area contributed by atoms with Crippen LogP contribution in [-0.2, 0) is 11.2 Å².